The summed E-state index contributed by atoms with van der Waals surface area (Å²) in [4.78, 5) is 2.34. The minimum atomic E-state index is -0.0525. The molecule has 2 heterocycles. The molecule has 0 radical (unpaired) electrons. The molecule has 0 spiro atoms. The summed E-state index contributed by atoms with van der Waals surface area (Å²) < 4.78 is 7.15. The SMILES string of the molecule is OCc1nncn1CCN1CCOCC1. The van der Waals surface area contributed by atoms with Gasteiger partial charge in [-0.2, -0.15) is 0 Å². The van der Waals surface area contributed by atoms with Crippen LogP contribution in [0, 0.1) is 0 Å². The molecule has 1 aliphatic heterocycles. The lowest BCUT2D eigenvalue weighted by Gasteiger charge is -2.26. The van der Waals surface area contributed by atoms with Crippen LogP contribution in [0.1, 0.15) is 5.82 Å². The molecule has 1 saturated heterocycles. The maximum atomic E-state index is 8.99. The third kappa shape index (κ3) is 2.74. The zero-order chi connectivity index (χ0) is 10.5. The van der Waals surface area contributed by atoms with Crippen molar-refractivity contribution in [3.05, 3.63) is 12.2 Å². The maximum absolute atomic E-state index is 8.99. The number of rotatable bonds is 4. The summed E-state index contributed by atoms with van der Waals surface area (Å²) in [6.45, 7) is 5.32. The predicted octanol–water partition coefficient (Wildman–Crippen LogP) is -0.897. The van der Waals surface area contributed by atoms with Crippen molar-refractivity contribution in [3.8, 4) is 0 Å². The highest BCUT2D eigenvalue weighted by atomic mass is 16.5. The second-order valence-electron chi connectivity index (χ2n) is 3.55. The molecule has 1 aliphatic rings. The molecule has 6 nitrogen and oxygen atoms in total. The van der Waals surface area contributed by atoms with Crippen LogP contribution in [0.2, 0.25) is 0 Å². The van der Waals surface area contributed by atoms with Gasteiger partial charge in [0.05, 0.1) is 13.2 Å². The Kier molecular flexibility index (Phi) is 3.65. The van der Waals surface area contributed by atoms with Crippen LogP contribution in [-0.4, -0.2) is 57.6 Å². The minimum absolute atomic E-state index is 0.0525. The lowest BCUT2D eigenvalue weighted by Crippen LogP contribution is -2.38. The summed E-state index contributed by atoms with van der Waals surface area (Å²) in [6, 6.07) is 0. The van der Waals surface area contributed by atoms with E-state index in [4.69, 9.17) is 9.84 Å². The van der Waals surface area contributed by atoms with Gasteiger partial charge in [0.25, 0.3) is 0 Å². The van der Waals surface area contributed by atoms with Gasteiger partial charge in [0.15, 0.2) is 5.82 Å². The third-order valence-corrected chi connectivity index (χ3v) is 2.60. The molecular formula is C9H16N4O2. The fourth-order valence-corrected chi connectivity index (χ4v) is 1.66. The van der Waals surface area contributed by atoms with E-state index in [1.165, 1.54) is 0 Å². The first-order chi connectivity index (χ1) is 7.40. The van der Waals surface area contributed by atoms with Crippen LogP contribution in [0.15, 0.2) is 6.33 Å². The number of nitrogens with zero attached hydrogens (tertiary/aromatic N) is 4. The van der Waals surface area contributed by atoms with Gasteiger partial charge in [-0.05, 0) is 0 Å². The standard InChI is InChI=1S/C9H16N4O2/c14-7-9-11-10-8-13(9)2-1-12-3-5-15-6-4-12/h8,14H,1-7H2. The number of ether oxygens (including phenoxy) is 1. The quantitative estimate of drug-likeness (QED) is 0.701. The normalized spacial score (nSPS) is 18.2. The van der Waals surface area contributed by atoms with Gasteiger partial charge in [0.2, 0.25) is 0 Å². The lowest BCUT2D eigenvalue weighted by molar-refractivity contribution is 0.0361. The smallest absolute Gasteiger partial charge is 0.158 e. The van der Waals surface area contributed by atoms with Gasteiger partial charge in [0.1, 0.15) is 12.9 Å². The van der Waals surface area contributed by atoms with Gasteiger partial charge in [-0.3, -0.25) is 4.90 Å². The van der Waals surface area contributed by atoms with Crippen LogP contribution in [0.25, 0.3) is 0 Å². The minimum Gasteiger partial charge on any atom is -0.388 e. The van der Waals surface area contributed by atoms with E-state index in [9.17, 15) is 0 Å². The van der Waals surface area contributed by atoms with E-state index < -0.39 is 0 Å². The molecule has 0 bridgehead atoms. The van der Waals surface area contributed by atoms with Crippen molar-refractivity contribution >= 4 is 0 Å². The molecule has 0 amide bonds. The third-order valence-electron chi connectivity index (χ3n) is 2.60. The molecule has 0 unspecified atom stereocenters. The monoisotopic (exact) mass is 212 g/mol. The van der Waals surface area contributed by atoms with Gasteiger partial charge in [0, 0.05) is 26.2 Å². The molecule has 1 fully saturated rings. The molecule has 1 aromatic heterocycles. The van der Waals surface area contributed by atoms with E-state index in [1.54, 1.807) is 6.33 Å². The summed E-state index contributed by atoms with van der Waals surface area (Å²) in [5.74, 6) is 0.628. The second-order valence-corrected chi connectivity index (χ2v) is 3.55. The highest BCUT2D eigenvalue weighted by Crippen LogP contribution is 1.99. The first-order valence-corrected chi connectivity index (χ1v) is 5.18. The Morgan fingerprint density at radius 3 is 2.87 bits per heavy atom. The summed E-state index contributed by atoms with van der Waals surface area (Å²) in [7, 11) is 0. The summed E-state index contributed by atoms with van der Waals surface area (Å²) in [5, 5.41) is 16.6. The summed E-state index contributed by atoms with van der Waals surface area (Å²) in [5.41, 5.74) is 0. The fourth-order valence-electron chi connectivity index (χ4n) is 1.66. The molecule has 0 atom stereocenters. The molecule has 0 aromatic carbocycles. The van der Waals surface area contributed by atoms with E-state index in [0.29, 0.717) is 5.82 Å². The van der Waals surface area contributed by atoms with Crippen LogP contribution in [0.4, 0.5) is 0 Å². The summed E-state index contributed by atoms with van der Waals surface area (Å²) in [6.07, 6.45) is 1.66. The predicted molar refractivity (Wildman–Crippen MR) is 53.2 cm³/mol. The van der Waals surface area contributed by atoms with Crippen LogP contribution >= 0.6 is 0 Å². The van der Waals surface area contributed by atoms with E-state index in [0.717, 1.165) is 39.4 Å². The average Bonchev–Trinajstić information content (AvgIpc) is 2.75. The number of aliphatic hydroxyl groups excluding tert-OH is 1. The molecule has 1 aromatic rings. The molecule has 84 valence electrons. The Balaban J connectivity index is 1.81. The number of morpholine rings is 1. The van der Waals surface area contributed by atoms with Crippen molar-refractivity contribution in [2.75, 3.05) is 32.8 Å². The molecule has 0 saturated carbocycles. The van der Waals surface area contributed by atoms with Crippen molar-refractivity contribution in [1.82, 2.24) is 19.7 Å². The van der Waals surface area contributed by atoms with E-state index >= 15 is 0 Å². The van der Waals surface area contributed by atoms with E-state index in [2.05, 4.69) is 15.1 Å². The number of aliphatic hydroxyl groups is 1. The van der Waals surface area contributed by atoms with E-state index in [1.807, 2.05) is 4.57 Å². The molecule has 1 N–H and O–H groups in total. The highest BCUT2D eigenvalue weighted by Gasteiger charge is 2.10. The zero-order valence-electron chi connectivity index (χ0n) is 8.67. The topological polar surface area (TPSA) is 63.4 Å². The van der Waals surface area contributed by atoms with Crippen LogP contribution in [0.3, 0.4) is 0 Å². The Hall–Kier alpha value is -0.980. The van der Waals surface area contributed by atoms with Crippen LogP contribution in [-0.2, 0) is 17.9 Å². The van der Waals surface area contributed by atoms with Crippen molar-refractivity contribution in [3.63, 3.8) is 0 Å². The number of hydrogen-bond acceptors (Lipinski definition) is 5. The lowest BCUT2D eigenvalue weighted by atomic mass is 10.4. The second kappa shape index (κ2) is 5.20. The Morgan fingerprint density at radius 2 is 2.13 bits per heavy atom. The van der Waals surface area contributed by atoms with Gasteiger partial charge in [-0.25, -0.2) is 0 Å². The highest BCUT2D eigenvalue weighted by molar-refractivity contribution is 4.82. The Bertz CT molecular complexity index is 296. The Morgan fingerprint density at radius 1 is 1.33 bits per heavy atom. The average molecular weight is 212 g/mol. The maximum Gasteiger partial charge on any atom is 0.158 e. The fraction of sp³-hybridized carbons (Fsp3) is 0.778. The van der Waals surface area contributed by atoms with Crippen molar-refractivity contribution in [2.45, 2.75) is 13.2 Å². The molecule has 2 rings (SSSR count). The summed E-state index contributed by atoms with van der Waals surface area (Å²) >= 11 is 0. The molecule has 0 aliphatic carbocycles. The largest absolute Gasteiger partial charge is 0.388 e. The molecule has 15 heavy (non-hydrogen) atoms. The first-order valence-electron chi connectivity index (χ1n) is 5.18. The van der Waals surface area contributed by atoms with Crippen molar-refractivity contribution in [2.24, 2.45) is 0 Å². The van der Waals surface area contributed by atoms with Gasteiger partial charge >= 0.3 is 0 Å². The number of aromatic nitrogens is 3. The molecule has 6 heteroatoms. The van der Waals surface area contributed by atoms with Gasteiger partial charge < -0.3 is 14.4 Å². The van der Waals surface area contributed by atoms with Gasteiger partial charge in [-0.1, -0.05) is 0 Å². The van der Waals surface area contributed by atoms with E-state index in [-0.39, 0.29) is 6.61 Å². The molecular weight excluding hydrogens is 196 g/mol. The first kappa shape index (κ1) is 10.5. The zero-order valence-corrected chi connectivity index (χ0v) is 8.67. The van der Waals surface area contributed by atoms with Crippen molar-refractivity contribution in [1.29, 1.82) is 0 Å². The number of hydrogen-bond donors (Lipinski definition) is 1. The van der Waals surface area contributed by atoms with Crippen molar-refractivity contribution < 1.29 is 9.84 Å². The van der Waals surface area contributed by atoms with Crippen LogP contribution in [0.5, 0.6) is 0 Å². The Labute approximate surface area is 88.5 Å². The van der Waals surface area contributed by atoms with Crippen LogP contribution < -0.4 is 0 Å². The van der Waals surface area contributed by atoms with Gasteiger partial charge in [-0.15, -0.1) is 10.2 Å².